The average molecular weight is 355 g/mol. The Kier molecular flexibility index (Phi) is 6.50. The molecule has 0 radical (unpaired) electrons. The van der Waals surface area contributed by atoms with E-state index in [1.54, 1.807) is 0 Å². The third kappa shape index (κ3) is 5.49. The Morgan fingerprint density at radius 2 is 1.73 bits per heavy atom. The Morgan fingerprint density at radius 1 is 1.04 bits per heavy atom. The van der Waals surface area contributed by atoms with Gasteiger partial charge in [0.15, 0.2) is 0 Å². The van der Waals surface area contributed by atoms with Crippen LogP contribution in [0.15, 0.2) is 54.6 Å². The zero-order valence-corrected chi connectivity index (χ0v) is 15.1. The molecule has 1 fully saturated rings. The zero-order chi connectivity index (χ0) is 18.2. The van der Waals surface area contributed by atoms with Gasteiger partial charge in [0.25, 0.3) is 0 Å². The molecule has 5 nitrogen and oxygen atoms in total. The Labute approximate surface area is 154 Å². The molecule has 1 aliphatic rings. The first-order valence-corrected chi connectivity index (χ1v) is 9.02. The fraction of sp³-hybridized carbons (Fsp3) is 0.381. The SMILES string of the molecule is COC(=O)CCCN1CC[C@@H](Oc2ccc(Oc3ccccc3)cc2)C1. The van der Waals surface area contributed by atoms with Gasteiger partial charge < -0.3 is 14.2 Å². The molecule has 1 heterocycles. The molecule has 0 saturated carbocycles. The van der Waals surface area contributed by atoms with Gasteiger partial charge in [0.2, 0.25) is 0 Å². The van der Waals surface area contributed by atoms with Crippen LogP contribution in [0.3, 0.4) is 0 Å². The molecule has 0 spiro atoms. The zero-order valence-electron chi connectivity index (χ0n) is 15.1. The third-order valence-electron chi connectivity index (χ3n) is 4.42. The number of carbonyl (C=O) groups excluding carboxylic acids is 1. The van der Waals surface area contributed by atoms with Gasteiger partial charge in [-0.3, -0.25) is 9.69 Å². The number of hydrogen-bond donors (Lipinski definition) is 0. The van der Waals surface area contributed by atoms with E-state index >= 15 is 0 Å². The Morgan fingerprint density at radius 3 is 2.46 bits per heavy atom. The maximum atomic E-state index is 11.2. The van der Waals surface area contributed by atoms with E-state index in [0.717, 1.165) is 49.7 Å². The van der Waals surface area contributed by atoms with Crippen molar-refractivity contribution in [2.75, 3.05) is 26.7 Å². The quantitative estimate of drug-likeness (QED) is 0.673. The van der Waals surface area contributed by atoms with Gasteiger partial charge in [0.05, 0.1) is 7.11 Å². The van der Waals surface area contributed by atoms with Crippen LogP contribution in [-0.2, 0) is 9.53 Å². The van der Waals surface area contributed by atoms with Crippen LogP contribution in [0.1, 0.15) is 19.3 Å². The highest BCUT2D eigenvalue weighted by molar-refractivity contribution is 5.69. The number of nitrogens with zero attached hydrogens (tertiary/aromatic N) is 1. The summed E-state index contributed by atoms with van der Waals surface area (Å²) in [6.45, 7) is 2.79. The molecule has 2 aromatic carbocycles. The van der Waals surface area contributed by atoms with E-state index < -0.39 is 0 Å². The van der Waals surface area contributed by atoms with Crippen molar-refractivity contribution in [3.05, 3.63) is 54.6 Å². The van der Waals surface area contributed by atoms with E-state index in [2.05, 4.69) is 9.64 Å². The Hall–Kier alpha value is -2.53. The highest BCUT2D eigenvalue weighted by atomic mass is 16.5. The summed E-state index contributed by atoms with van der Waals surface area (Å²) in [6.07, 6.45) is 2.49. The second-order valence-corrected chi connectivity index (χ2v) is 6.40. The second-order valence-electron chi connectivity index (χ2n) is 6.40. The van der Waals surface area contributed by atoms with E-state index in [1.807, 2.05) is 54.6 Å². The van der Waals surface area contributed by atoms with Crippen LogP contribution in [0.5, 0.6) is 17.2 Å². The van der Waals surface area contributed by atoms with Crippen molar-refractivity contribution in [2.24, 2.45) is 0 Å². The number of hydrogen-bond acceptors (Lipinski definition) is 5. The number of likely N-dealkylation sites (tertiary alicyclic amines) is 1. The first-order chi connectivity index (χ1) is 12.7. The summed E-state index contributed by atoms with van der Waals surface area (Å²) in [5.74, 6) is 2.32. The van der Waals surface area contributed by atoms with Crippen LogP contribution in [0.4, 0.5) is 0 Å². The highest BCUT2D eigenvalue weighted by Crippen LogP contribution is 2.25. The molecule has 0 N–H and O–H groups in total. The number of rotatable bonds is 8. The minimum Gasteiger partial charge on any atom is -0.489 e. The molecule has 3 rings (SSSR count). The molecule has 1 aliphatic heterocycles. The van der Waals surface area contributed by atoms with Gasteiger partial charge in [-0.05, 0) is 55.8 Å². The van der Waals surface area contributed by atoms with E-state index in [0.29, 0.717) is 6.42 Å². The molecular weight excluding hydrogens is 330 g/mol. The molecule has 2 aromatic rings. The highest BCUT2D eigenvalue weighted by Gasteiger charge is 2.23. The maximum Gasteiger partial charge on any atom is 0.305 e. The van der Waals surface area contributed by atoms with Crippen molar-refractivity contribution in [3.8, 4) is 17.2 Å². The minimum absolute atomic E-state index is 0.144. The smallest absolute Gasteiger partial charge is 0.305 e. The molecule has 0 aliphatic carbocycles. The van der Waals surface area contributed by atoms with Crippen molar-refractivity contribution < 1.29 is 19.0 Å². The third-order valence-corrected chi connectivity index (χ3v) is 4.42. The maximum absolute atomic E-state index is 11.2. The molecule has 26 heavy (non-hydrogen) atoms. The summed E-state index contributed by atoms with van der Waals surface area (Å²) in [5, 5.41) is 0. The van der Waals surface area contributed by atoms with Crippen LogP contribution in [-0.4, -0.2) is 43.7 Å². The Balaban J connectivity index is 1.42. The molecular formula is C21H25NO4. The van der Waals surface area contributed by atoms with Gasteiger partial charge in [0.1, 0.15) is 23.4 Å². The summed E-state index contributed by atoms with van der Waals surface area (Å²) in [5.41, 5.74) is 0. The molecule has 0 aromatic heterocycles. The van der Waals surface area contributed by atoms with Crippen LogP contribution >= 0.6 is 0 Å². The number of methoxy groups -OCH3 is 1. The van der Waals surface area contributed by atoms with Crippen LogP contribution in [0.2, 0.25) is 0 Å². The number of para-hydroxylation sites is 1. The summed E-state index contributed by atoms with van der Waals surface area (Å²) in [7, 11) is 1.43. The fourth-order valence-corrected chi connectivity index (χ4v) is 3.05. The molecule has 0 unspecified atom stereocenters. The monoisotopic (exact) mass is 355 g/mol. The molecule has 0 bridgehead atoms. The normalized spacial score (nSPS) is 17.0. The van der Waals surface area contributed by atoms with Crippen LogP contribution in [0, 0.1) is 0 Å². The fourth-order valence-electron chi connectivity index (χ4n) is 3.05. The van der Waals surface area contributed by atoms with E-state index in [1.165, 1.54) is 7.11 Å². The standard InChI is InChI=1S/C21H25NO4/c1-24-21(23)8-5-14-22-15-13-20(16-22)26-19-11-9-18(10-12-19)25-17-6-3-2-4-7-17/h2-4,6-7,9-12,20H,5,8,13-16H2,1H3/t20-/m1/s1. The van der Waals surface area contributed by atoms with Crippen molar-refractivity contribution in [2.45, 2.75) is 25.4 Å². The van der Waals surface area contributed by atoms with Crippen LogP contribution < -0.4 is 9.47 Å². The summed E-state index contributed by atoms with van der Waals surface area (Å²) in [6, 6.07) is 17.4. The molecule has 0 amide bonds. The lowest BCUT2D eigenvalue weighted by Gasteiger charge is -2.17. The van der Waals surface area contributed by atoms with Crippen molar-refractivity contribution >= 4 is 5.97 Å². The van der Waals surface area contributed by atoms with Gasteiger partial charge in [-0.1, -0.05) is 18.2 Å². The van der Waals surface area contributed by atoms with Crippen molar-refractivity contribution in [3.63, 3.8) is 0 Å². The summed E-state index contributed by atoms with van der Waals surface area (Å²) >= 11 is 0. The van der Waals surface area contributed by atoms with E-state index in [4.69, 9.17) is 9.47 Å². The average Bonchev–Trinajstić information content (AvgIpc) is 3.11. The van der Waals surface area contributed by atoms with Gasteiger partial charge in [-0.25, -0.2) is 0 Å². The van der Waals surface area contributed by atoms with Gasteiger partial charge in [-0.2, -0.15) is 0 Å². The first-order valence-electron chi connectivity index (χ1n) is 9.02. The number of benzene rings is 2. The minimum atomic E-state index is -0.144. The number of ether oxygens (including phenoxy) is 3. The largest absolute Gasteiger partial charge is 0.489 e. The first kappa shape index (κ1) is 18.3. The lowest BCUT2D eigenvalue weighted by molar-refractivity contribution is -0.140. The lowest BCUT2D eigenvalue weighted by Crippen LogP contribution is -2.26. The van der Waals surface area contributed by atoms with Crippen LogP contribution in [0.25, 0.3) is 0 Å². The van der Waals surface area contributed by atoms with Crippen molar-refractivity contribution in [1.29, 1.82) is 0 Å². The molecule has 138 valence electrons. The van der Waals surface area contributed by atoms with Gasteiger partial charge in [-0.15, -0.1) is 0 Å². The number of carbonyl (C=O) groups is 1. The molecule has 1 atom stereocenters. The van der Waals surface area contributed by atoms with E-state index in [9.17, 15) is 4.79 Å². The van der Waals surface area contributed by atoms with Crippen molar-refractivity contribution in [1.82, 2.24) is 4.90 Å². The lowest BCUT2D eigenvalue weighted by atomic mass is 10.3. The Bertz CT molecular complexity index is 687. The number of esters is 1. The summed E-state index contributed by atoms with van der Waals surface area (Å²) in [4.78, 5) is 13.5. The van der Waals surface area contributed by atoms with E-state index in [-0.39, 0.29) is 12.1 Å². The molecule has 5 heteroatoms. The topological polar surface area (TPSA) is 48.0 Å². The second kappa shape index (κ2) is 9.25. The predicted molar refractivity (Wildman–Crippen MR) is 99.7 cm³/mol. The summed E-state index contributed by atoms with van der Waals surface area (Å²) < 4.78 is 16.5. The molecule has 1 saturated heterocycles. The van der Waals surface area contributed by atoms with Gasteiger partial charge >= 0.3 is 5.97 Å². The predicted octanol–water partition coefficient (Wildman–Crippen LogP) is 3.89. The van der Waals surface area contributed by atoms with Gasteiger partial charge in [0, 0.05) is 19.5 Å².